The monoisotopic (exact) mass is 806 g/mol. The highest BCUT2D eigenvalue weighted by Crippen LogP contribution is 2.45. The van der Waals surface area contributed by atoms with Crippen molar-refractivity contribution in [1.29, 1.82) is 0 Å². The molecule has 0 aliphatic carbocycles. The van der Waals surface area contributed by atoms with E-state index < -0.39 is 5.54 Å². The van der Waals surface area contributed by atoms with Gasteiger partial charge in [0.25, 0.3) is 0 Å². The average molecular weight is 807 g/mol. The number of imide groups is 1. The molecule has 2 atom stereocenters. The van der Waals surface area contributed by atoms with E-state index >= 15 is 0 Å². The van der Waals surface area contributed by atoms with Crippen molar-refractivity contribution in [2.75, 3.05) is 44.2 Å². The maximum absolute atomic E-state index is 13.3. The van der Waals surface area contributed by atoms with Crippen LogP contribution in [-0.2, 0) is 27.0 Å². The van der Waals surface area contributed by atoms with Crippen LogP contribution in [0.15, 0.2) is 71.5 Å². The molecule has 0 bridgehead atoms. The molecule has 3 aliphatic rings. The van der Waals surface area contributed by atoms with Gasteiger partial charge in [-0.05, 0) is 85.3 Å². The number of carbonyl (C=O) groups excluding carboxylic acids is 3. The lowest BCUT2D eigenvalue weighted by Gasteiger charge is -2.36. The van der Waals surface area contributed by atoms with E-state index in [1.165, 1.54) is 5.69 Å². The molecule has 308 valence electrons. The number of nitrogens with one attached hydrogen (secondary N) is 2. The number of hydrogen-bond acceptors (Lipinski definition) is 11. The highest BCUT2D eigenvalue weighted by molar-refractivity contribution is 6.01. The summed E-state index contributed by atoms with van der Waals surface area (Å²) >= 11 is 0. The number of pyridine rings is 2. The second-order valence-electron chi connectivity index (χ2n) is 17.7. The summed E-state index contributed by atoms with van der Waals surface area (Å²) in [7, 11) is 0. The van der Waals surface area contributed by atoms with Gasteiger partial charge in [-0.1, -0.05) is 50.2 Å². The lowest BCUT2D eigenvalue weighted by atomic mass is 9.88. The van der Waals surface area contributed by atoms with Crippen LogP contribution in [0.3, 0.4) is 0 Å². The number of H-pyrrole nitrogens is 1. The molecule has 3 amide bonds. The number of piperidine rings is 1. The number of aromatic amines is 1. The van der Waals surface area contributed by atoms with Crippen molar-refractivity contribution in [3.05, 3.63) is 107 Å². The van der Waals surface area contributed by atoms with E-state index in [1.54, 1.807) is 4.90 Å². The molecule has 3 aliphatic heterocycles. The number of rotatable bonds is 9. The van der Waals surface area contributed by atoms with Gasteiger partial charge in [-0.3, -0.25) is 34.7 Å². The number of nitrogens with zero attached hydrogens (tertiary/aromatic N) is 8. The van der Waals surface area contributed by atoms with Crippen LogP contribution in [0.1, 0.15) is 90.9 Å². The van der Waals surface area contributed by atoms with Gasteiger partial charge in [-0.2, -0.15) is 10.1 Å². The summed E-state index contributed by atoms with van der Waals surface area (Å²) < 4.78 is 5.35. The Morgan fingerprint density at radius 3 is 2.38 bits per heavy atom. The van der Waals surface area contributed by atoms with Crippen LogP contribution < -0.4 is 10.2 Å². The molecule has 4 aromatic heterocycles. The number of piperazine rings is 1. The van der Waals surface area contributed by atoms with Crippen LogP contribution in [0, 0.1) is 13.8 Å². The molecule has 14 heteroatoms. The van der Waals surface area contributed by atoms with E-state index in [4.69, 9.17) is 14.5 Å². The van der Waals surface area contributed by atoms with Crippen molar-refractivity contribution >= 4 is 34.4 Å². The van der Waals surface area contributed by atoms with Crippen LogP contribution >= 0.6 is 0 Å². The Hall–Kier alpha value is -6.28. The Morgan fingerprint density at radius 1 is 0.917 bits per heavy atom. The van der Waals surface area contributed by atoms with Crippen LogP contribution in [-0.4, -0.2) is 97.1 Å². The number of hydrogen-bond donors (Lipinski definition) is 2. The number of amides is 3. The summed E-state index contributed by atoms with van der Waals surface area (Å²) in [5.74, 6) is -0.459. The zero-order valence-corrected chi connectivity index (χ0v) is 35.0. The smallest absolute Gasteiger partial charge is 0.316 e. The van der Waals surface area contributed by atoms with E-state index in [0.717, 1.165) is 94.9 Å². The summed E-state index contributed by atoms with van der Waals surface area (Å²) in [6.45, 7) is 17.4. The van der Waals surface area contributed by atoms with Gasteiger partial charge in [0.05, 0.1) is 17.2 Å². The predicted octanol–water partition coefficient (Wildman–Crippen LogP) is 6.24. The minimum absolute atomic E-state index is 0.0218. The molecule has 3 saturated heterocycles. The minimum atomic E-state index is -0.464. The molecule has 3 fully saturated rings. The molecule has 2 N–H and O–H groups in total. The molecule has 0 saturated carbocycles. The van der Waals surface area contributed by atoms with E-state index in [9.17, 15) is 14.4 Å². The number of fused-ring (bicyclic) bond motifs is 1. The van der Waals surface area contributed by atoms with E-state index in [2.05, 4.69) is 104 Å². The van der Waals surface area contributed by atoms with Crippen LogP contribution in [0.2, 0.25) is 0 Å². The Kier molecular flexibility index (Phi) is 9.85. The van der Waals surface area contributed by atoms with Gasteiger partial charge in [0.2, 0.25) is 11.8 Å². The van der Waals surface area contributed by atoms with Gasteiger partial charge < -0.3 is 14.3 Å². The lowest BCUT2D eigenvalue weighted by Crippen LogP contribution is -2.47. The molecule has 60 heavy (non-hydrogen) atoms. The molecule has 14 nitrogen and oxygen atoms in total. The Balaban J connectivity index is 0.817. The fourth-order valence-electron chi connectivity index (χ4n) is 8.71. The van der Waals surface area contributed by atoms with Gasteiger partial charge in [-0.15, -0.1) is 0 Å². The van der Waals surface area contributed by atoms with E-state index in [1.807, 2.05) is 40.1 Å². The van der Waals surface area contributed by atoms with Crippen molar-refractivity contribution in [3.63, 3.8) is 0 Å². The third-order valence-corrected chi connectivity index (χ3v) is 12.4. The number of aromatic nitrogens is 6. The first-order valence-corrected chi connectivity index (χ1v) is 20.7. The molecular formula is C46H50N10O4. The highest BCUT2D eigenvalue weighted by Gasteiger charge is 2.54. The number of benzene rings is 2. The van der Waals surface area contributed by atoms with Gasteiger partial charge >= 0.3 is 11.8 Å². The molecule has 0 spiro atoms. The van der Waals surface area contributed by atoms with Gasteiger partial charge in [0.1, 0.15) is 0 Å². The largest absolute Gasteiger partial charge is 0.369 e. The first-order valence-electron chi connectivity index (χ1n) is 20.7. The zero-order valence-electron chi connectivity index (χ0n) is 35.0. The van der Waals surface area contributed by atoms with Crippen molar-refractivity contribution in [2.24, 2.45) is 0 Å². The van der Waals surface area contributed by atoms with Crippen molar-refractivity contribution in [2.45, 2.75) is 77.7 Å². The summed E-state index contributed by atoms with van der Waals surface area (Å²) in [5.41, 5.74) is 10.2. The Morgan fingerprint density at radius 2 is 1.68 bits per heavy atom. The molecule has 6 aromatic rings. The second kappa shape index (κ2) is 15.1. The highest BCUT2D eigenvalue weighted by atomic mass is 16.5. The predicted molar refractivity (Wildman–Crippen MR) is 227 cm³/mol. The maximum atomic E-state index is 13.3. The summed E-state index contributed by atoms with van der Waals surface area (Å²) in [4.78, 5) is 57.8. The van der Waals surface area contributed by atoms with E-state index in [0.29, 0.717) is 30.9 Å². The summed E-state index contributed by atoms with van der Waals surface area (Å²) in [6.07, 6.45) is 5.44. The maximum Gasteiger partial charge on any atom is 0.316 e. The van der Waals surface area contributed by atoms with Crippen LogP contribution in [0.5, 0.6) is 0 Å². The normalized spacial score (nSPS) is 19.9. The number of anilines is 1. The quantitative estimate of drug-likeness (QED) is 0.126. The standard InChI is InChI=1S/C46H50N10O4/c1-27-22-32(47-25-36(27)34-12-14-38(57)49-41(34)58)15-16-54-17-19-55(20-18-54)33-10-7-29(8-11-33)31-23-35-39(51-52-40(35)48-24-31)30-9-13-37(28(2)21-30)46(6)26-56(46)43(59)42-50-44(53-60-42)45(3,4)5/h7-11,13,21-25,34H,12,14-20,26H2,1-6H3,(H,48,51,52)(H,49,57,58)/t34?,46-,56?/m1/s1. The summed E-state index contributed by atoms with van der Waals surface area (Å²) in [6, 6.07) is 19.3. The van der Waals surface area contributed by atoms with Crippen LogP contribution in [0.4, 0.5) is 5.69 Å². The van der Waals surface area contributed by atoms with Gasteiger partial charge in [0, 0.05) is 97.8 Å². The van der Waals surface area contributed by atoms with Crippen molar-refractivity contribution < 1.29 is 18.9 Å². The van der Waals surface area contributed by atoms with Gasteiger partial charge in [0.15, 0.2) is 11.5 Å². The SMILES string of the molecule is Cc1cc(CCN2CCN(c3ccc(-c4cnc5n[nH]c(-c6ccc([C@@]7(C)CN7C(=O)c7nc(C(C)(C)C)no7)c(C)c6)c5c4)cc3)CC2)ncc1C1CCC(=O)NC1=O. The summed E-state index contributed by atoms with van der Waals surface area (Å²) in [5, 5.41) is 15.2. The molecule has 2 aromatic carbocycles. The first-order chi connectivity index (χ1) is 28.7. The average Bonchev–Trinajstić information content (AvgIpc) is 3.53. The third-order valence-electron chi connectivity index (χ3n) is 12.4. The molecular weight excluding hydrogens is 757 g/mol. The van der Waals surface area contributed by atoms with Crippen molar-refractivity contribution in [1.82, 2.24) is 45.4 Å². The fourth-order valence-corrected chi connectivity index (χ4v) is 8.71. The van der Waals surface area contributed by atoms with E-state index in [-0.39, 0.29) is 34.9 Å². The molecule has 7 heterocycles. The number of carbonyl (C=O) groups is 3. The van der Waals surface area contributed by atoms with Gasteiger partial charge in [-0.25, -0.2) is 4.98 Å². The third kappa shape index (κ3) is 7.44. The Labute approximate surface area is 348 Å². The van der Waals surface area contributed by atoms with Crippen LogP contribution in [0.25, 0.3) is 33.4 Å². The molecule has 9 rings (SSSR count). The molecule has 1 unspecified atom stereocenters. The number of aryl methyl sites for hydroxylation is 2. The fraction of sp³-hybridized carbons (Fsp3) is 0.391. The van der Waals surface area contributed by atoms with Crippen molar-refractivity contribution in [3.8, 4) is 22.4 Å². The second-order valence-corrected chi connectivity index (χ2v) is 17.7. The Bertz CT molecular complexity index is 2640. The lowest BCUT2D eigenvalue weighted by molar-refractivity contribution is -0.134. The topological polar surface area (TPSA) is 166 Å². The first kappa shape index (κ1) is 39.2. The zero-order chi connectivity index (χ0) is 41.9. The minimum Gasteiger partial charge on any atom is -0.369 e. The molecule has 0 radical (unpaired) electrons.